The molecule has 1 aromatic heterocycles. The van der Waals surface area contributed by atoms with Gasteiger partial charge in [0.25, 0.3) is 0 Å². The van der Waals surface area contributed by atoms with E-state index in [1.54, 1.807) is 6.92 Å². The lowest BCUT2D eigenvalue weighted by Gasteiger charge is -2.16. The molecule has 0 saturated carbocycles. The van der Waals surface area contributed by atoms with Crippen LogP contribution in [-0.2, 0) is 22.5 Å². The van der Waals surface area contributed by atoms with E-state index in [0.717, 1.165) is 6.20 Å². The van der Waals surface area contributed by atoms with Crippen LogP contribution < -0.4 is 15.2 Å². The summed E-state index contributed by atoms with van der Waals surface area (Å²) in [7, 11) is 1.25. The van der Waals surface area contributed by atoms with E-state index in [0.29, 0.717) is 0 Å². The Morgan fingerprint density at radius 3 is 2.57 bits per heavy atom. The lowest BCUT2D eigenvalue weighted by atomic mass is 10.1. The molecule has 6 nitrogen and oxygen atoms in total. The van der Waals surface area contributed by atoms with Crippen molar-refractivity contribution in [2.24, 2.45) is 5.73 Å². The summed E-state index contributed by atoms with van der Waals surface area (Å²) in [6.45, 7) is 1.53. The highest BCUT2D eigenvalue weighted by Gasteiger charge is 2.34. The first kappa shape index (κ1) is 17.0. The van der Waals surface area contributed by atoms with Crippen LogP contribution in [0.25, 0.3) is 0 Å². The predicted octanol–water partition coefficient (Wildman–Crippen LogP) is 1.55. The number of carbonyl (C=O) groups excluding carboxylic acids is 1. The number of halogens is 3. The van der Waals surface area contributed by atoms with Gasteiger partial charge in [-0.3, -0.25) is 4.79 Å². The van der Waals surface area contributed by atoms with Crippen LogP contribution in [0.2, 0.25) is 0 Å². The highest BCUT2D eigenvalue weighted by molar-refractivity contribution is 5.74. The number of esters is 1. The first-order valence-electron chi connectivity index (χ1n) is 5.98. The smallest absolute Gasteiger partial charge is 0.496 e. The first-order valence-corrected chi connectivity index (χ1v) is 5.98. The van der Waals surface area contributed by atoms with E-state index in [1.165, 1.54) is 7.11 Å². The molecule has 0 bridgehead atoms. The maximum atomic E-state index is 12.3. The summed E-state index contributed by atoms with van der Waals surface area (Å²) in [5, 5.41) is 0. The van der Waals surface area contributed by atoms with Gasteiger partial charge in [0.1, 0.15) is 5.75 Å². The molecular formula is C12H15F3N2O4. The minimum absolute atomic E-state index is 0.0276. The molecule has 0 fully saturated rings. The quantitative estimate of drug-likeness (QED) is 0.803. The fourth-order valence-corrected chi connectivity index (χ4v) is 1.69. The summed E-state index contributed by atoms with van der Waals surface area (Å²) in [6.07, 6.45) is -4.02. The van der Waals surface area contributed by atoms with Crippen LogP contribution in [-0.4, -0.2) is 31.0 Å². The van der Waals surface area contributed by atoms with Crippen LogP contribution in [0.4, 0.5) is 13.2 Å². The molecule has 1 rings (SSSR count). The molecule has 0 radical (unpaired) electrons. The van der Waals surface area contributed by atoms with Gasteiger partial charge in [-0.05, 0) is 6.92 Å². The summed E-state index contributed by atoms with van der Waals surface area (Å²) in [5.74, 6) is -1.22. The van der Waals surface area contributed by atoms with Gasteiger partial charge >= 0.3 is 12.3 Å². The molecule has 0 spiro atoms. The molecule has 1 heterocycles. The summed E-state index contributed by atoms with van der Waals surface area (Å²) in [6, 6.07) is 0. The van der Waals surface area contributed by atoms with Gasteiger partial charge in [-0.15, -0.1) is 13.2 Å². The summed E-state index contributed by atoms with van der Waals surface area (Å²) < 4.78 is 50.4. The van der Waals surface area contributed by atoms with Gasteiger partial charge in [-0.1, -0.05) is 0 Å². The van der Waals surface area contributed by atoms with Crippen LogP contribution in [0.1, 0.15) is 18.1 Å². The number of nitrogens with zero attached hydrogens (tertiary/aromatic N) is 1. The van der Waals surface area contributed by atoms with Crippen LogP contribution in [0.15, 0.2) is 6.20 Å². The number of methoxy groups -OCH3 is 1. The second-order valence-corrected chi connectivity index (χ2v) is 3.83. The van der Waals surface area contributed by atoms with E-state index in [9.17, 15) is 18.0 Å². The molecule has 0 atom stereocenters. The van der Waals surface area contributed by atoms with Crippen molar-refractivity contribution in [1.82, 2.24) is 4.98 Å². The number of ether oxygens (including phenoxy) is 3. The molecule has 0 unspecified atom stereocenters. The van der Waals surface area contributed by atoms with Crippen molar-refractivity contribution in [1.29, 1.82) is 0 Å². The molecule has 0 aromatic carbocycles. The average molecular weight is 308 g/mol. The second-order valence-electron chi connectivity index (χ2n) is 3.83. The fraction of sp³-hybridized carbons (Fsp3) is 0.500. The van der Waals surface area contributed by atoms with Crippen molar-refractivity contribution in [3.8, 4) is 11.6 Å². The van der Waals surface area contributed by atoms with E-state index < -0.39 is 18.2 Å². The van der Waals surface area contributed by atoms with Gasteiger partial charge < -0.3 is 19.9 Å². The summed E-state index contributed by atoms with van der Waals surface area (Å²) in [4.78, 5) is 15.0. The Hall–Kier alpha value is -2.03. The van der Waals surface area contributed by atoms with Gasteiger partial charge in [0, 0.05) is 18.3 Å². The molecule has 0 saturated heterocycles. The molecule has 0 aliphatic heterocycles. The fourth-order valence-electron chi connectivity index (χ4n) is 1.69. The van der Waals surface area contributed by atoms with Crippen molar-refractivity contribution in [3.63, 3.8) is 0 Å². The number of alkyl halides is 3. The van der Waals surface area contributed by atoms with Gasteiger partial charge in [0.2, 0.25) is 5.88 Å². The zero-order valence-corrected chi connectivity index (χ0v) is 11.5. The third-order valence-corrected chi connectivity index (χ3v) is 2.42. The van der Waals surface area contributed by atoms with Crippen molar-refractivity contribution in [3.05, 3.63) is 17.3 Å². The lowest BCUT2D eigenvalue weighted by molar-refractivity contribution is -0.276. The third kappa shape index (κ3) is 4.78. The largest absolute Gasteiger partial charge is 0.574 e. The Morgan fingerprint density at radius 2 is 2.10 bits per heavy atom. The minimum atomic E-state index is -4.90. The maximum absolute atomic E-state index is 12.3. The predicted molar refractivity (Wildman–Crippen MR) is 65.7 cm³/mol. The Labute approximate surface area is 119 Å². The van der Waals surface area contributed by atoms with E-state index in [-0.39, 0.29) is 36.4 Å². The first-order chi connectivity index (χ1) is 9.82. The number of pyridine rings is 1. The van der Waals surface area contributed by atoms with Gasteiger partial charge in [-0.25, -0.2) is 4.98 Å². The number of hydrogen-bond acceptors (Lipinski definition) is 6. The molecule has 2 N–H and O–H groups in total. The van der Waals surface area contributed by atoms with Crippen LogP contribution in [0.5, 0.6) is 11.6 Å². The molecule has 0 aliphatic carbocycles. The topological polar surface area (TPSA) is 83.7 Å². The molecule has 1 aromatic rings. The van der Waals surface area contributed by atoms with Gasteiger partial charge in [0.05, 0.1) is 25.7 Å². The highest BCUT2D eigenvalue weighted by atomic mass is 19.4. The number of rotatable bonds is 6. The zero-order valence-electron chi connectivity index (χ0n) is 11.5. The monoisotopic (exact) mass is 308 g/mol. The number of nitrogens with two attached hydrogens (primary N) is 1. The number of aromatic nitrogens is 1. The number of carbonyl (C=O) groups is 1. The van der Waals surface area contributed by atoms with E-state index in [4.69, 9.17) is 15.2 Å². The standard InChI is InChI=1S/C12H15F3N2O4/c1-3-20-9(18)4-7-6-17-11(21-12(13,14)15)8(5-16)10(7)19-2/h6H,3-5,16H2,1-2H3. The highest BCUT2D eigenvalue weighted by Crippen LogP contribution is 2.33. The molecular weight excluding hydrogens is 293 g/mol. The Morgan fingerprint density at radius 1 is 1.43 bits per heavy atom. The van der Waals surface area contributed by atoms with Crippen molar-refractivity contribution >= 4 is 5.97 Å². The molecule has 118 valence electrons. The Kier molecular flexibility index (Phi) is 5.77. The van der Waals surface area contributed by atoms with Gasteiger partial charge in [0.15, 0.2) is 0 Å². The van der Waals surface area contributed by atoms with Crippen molar-refractivity contribution in [2.45, 2.75) is 26.3 Å². The SMILES string of the molecule is CCOC(=O)Cc1cnc(OC(F)(F)F)c(CN)c1OC. The van der Waals surface area contributed by atoms with Crippen LogP contribution in [0, 0.1) is 0 Å². The number of hydrogen-bond donors (Lipinski definition) is 1. The molecule has 0 aliphatic rings. The Bertz CT molecular complexity index is 506. The minimum Gasteiger partial charge on any atom is -0.496 e. The third-order valence-electron chi connectivity index (χ3n) is 2.42. The normalized spacial score (nSPS) is 11.1. The van der Waals surface area contributed by atoms with Crippen molar-refractivity contribution < 1.29 is 32.2 Å². The summed E-state index contributed by atoms with van der Waals surface area (Å²) in [5.41, 5.74) is 5.62. The second kappa shape index (κ2) is 7.11. The van der Waals surface area contributed by atoms with E-state index in [2.05, 4.69) is 9.72 Å². The lowest BCUT2D eigenvalue weighted by Crippen LogP contribution is -2.20. The molecule has 0 amide bonds. The summed E-state index contributed by atoms with van der Waals surface area (Å²) >= 11 is 0. The molecule has 9 heteroatoms. The van der Waals surface area contributed by atoms with Crippen molar-refractivity contribution in [2.75, 3.05) is 13.7 Å². The Balaban J connectivity index is 3.16. The molecule has 21 heavy (non-hydrogen) atoms. The van der Waals surface area contributed by atoms with E-state index >= 15 is 0 Å². The maximum Gasteiger partial charge on any atom is 0.574 e. The average Bonchev–Trinajstić information content (AvgIpc) is 2.38. The van der Waals surface area contributed by atoms with Gasteiger partial charge in [-0.2, -0.15) is 0 Å². The van der Waals surface area contributed by atoms with Crippen LogP contribution >= 0.6 is 0 Å². The van der Waals surface area contributed by atoms with Crippen LogP contribution in [0.3, 0.4) is 0 Å². The van der Waals surface area contributed by atoms with E-state index in [1.807, 2.05) is 0 Å². The zero-order chi connectivity index (χ0) is 16.0.